The summed E-state index contributed by atoms with van der Waals surface area (Å²) in [5.74, 6) is 1.25. The molecule has 0 atom stereocenters. The summed E-state index contributed by atoms with van der Waals surface area (Å²) in [6.45, 7) is 3.85. The molecule has 2 aliphatic carbocycles. The van der Waals surface area contributed by atoms with E-state index < -0.39 is 0 Å². The summed E-state index contributed by atoms with van der Waals surface area (Å²) in [6.07, 6.45) is 8.74. The van der Waals surface area contributed by atoms with Crippen molar-refractivity contribution in [3.05, 3.63) is 35.4 Å². The summed E-state index contributed by atoms with van der Waals surface area (Å²) < 4.78 is 0. The Balaban J connectivity index is 1.43. The van der Waals surface area contributed by atoms with E-state index in [4.69, 9.17) is 0 Å². The largest absolute Gasteiger partial charge is 0.338 e. The van der Waals surface area contributed by atoms with Crippen LogP contribution in [0.25, 0.3) is 0 Å². The van der Waals surface area contributed by atoms with Crippen LogP contribution in [0.1, 0.15) is 74.2 Å². The molecular weight excluding hydrogens is 324 g/mol. The van der Waals surface area contributed by atoms with Crippen molar-refractivity contribution in [2.24, 2.45) is 5.92 Å². The van der Waals surface area contributed by atoms with Crippen LogP contribution in [0.5, 0.6) is 0 Å². The molecule has 1 saturated heterocycles. The summed E-state index contributed by atoms with van der Waals surface area (Å²) >= 11 is 0. The standard InChI is InChI=1S/C22H30N2O2/c1-16-4-10-19(11-5-16)24(20-12-13-20)22(26)18-8-6-17(7-9-18)15-23-14-2-3-21(23)25/h6-9,16,19-20H,2-5,10-15H2,1H3. The highest BCUT2D eigenvalue weighted by Gasteiger charge is 2.38. The van der Waals surface area contributed by atoms with Gasteiger partial charge in [0.05, 0.1) is 0 Å². The highest BCUT2D eigenvalue weighted by atomic mass is 16.2. The van der Waals surface area contributed by atoms with Gasteiger partial charge >= 0.3 is 0 Å². The van der Waals surface area contributed by atoms with Crippen LogP contribution in [0, 0.1) is 5.92 Å². The third-order valence-electron chi connectivity index (χ3n) is 6.30. The molecule has 26 heavy (non-hydrogen) atoms. The number of carbonyl (C=O) groups excluding carboxylic acids is 2. The minimum absolute atomic E-state index is 0.204. The first-order valence-corrected chi connectivity index (χ1v) is 10.3. The van der Waals surface area contributed by atoms with Crippen molar-refractivity contribution >= 4 is 11.8 Å². The molecule has 4 heteroatoms. The summed E-state index contributed by atoms with van der Waals surface area (Å²) in [7, 11) is 0. The number of hydrogen-bond donors (Lipinski definition) is 0. The van der Waals surface area contributed by atoms with E-state index in [-0.39, 0.29) is 11.8 Å². The fourth-order valence-corrected chi connectivity index (χ4v) is 4.50. The molecule has 1 aliphatic heterocycles. The van der Waals surface area contributed by atoms with Crippen molar-refractivity contribution in [1.82, 2.24) is 9.80 Å². The number of amides is 2. The Morgan fingerprint density at radius 3 is 2.19 bits per heavy atom. The van der Waals surface area contributed by atoms with Crippen LogP contribution < -0.4 is 0 Å². The van der Waals surface area contributed by atoms with E-state index in [1.54, 1.807) is 0 Å². The maximum atomic E-state index is 13.2. The average Bonchev–Trinajstić information content (AvgIpc) is 3.40. The molecule has 0 spiro atoms. The lowest BCUT2D eigenvalue weighted by atomic mass is 9.86. The highest BCUT2D eigenvalue weighted by Crippen LogP contribution is 2.36. The first-order chi connectivity index (χ1) is 12.6. The van der Waals surface area contributed by atoms with Crippen LogP contribution in [0.2, 0.25) is 0 Å². The second-order valence-electron chi connectivity index (χ2n) is 8.47. The molecule has 0 bridgehead atoms. The molecule has 0 radical (unpaired) electrons. The molecule has 2 amide bonds. The number of carbonyl (C=O) groups is 2. The van der Waals surface area contributed by atoms with E-state index >= 15 is 0 Å². The van der Waals surface area contributed by atoms with Crippen molar-refractivity contribution in [3.63, 3.8) is 0 Å². The van der Waals surface area contributed by atoms with Crippen molar-refractivity contribution in [2.75, 3.05) is 6.54 Å². The molecule has 2 saturated carbocycles. The van der Waals surface area contributed by atoms with Crippen LogP contribution in [-0.4, -0.2) is 40.2 Å². The predicted octanol–water partition coefficient (Wildman–Crippen LogP) is 3.99. The van der Waals surface area contributed by atoms with Crippen LogP contribution in [0.4, 0.5) is 0 Å². The molecule has 0 N–H and O–H groups in total. The van der Waals surface area contributed by atoms with Gasteiger partial charge in [-0.2, -0.15) is 0 Å². The van der Waals surface area contributed by atoms with Gasteiger partial charge in [-0.05, 0) is 68.6 Å². The number of benzene rings is 1. The smallest absolute Gasteiger partial charge is 0.254 e. The molecule has 0 unspecified atom stereocenters. The van der Waals surface area contributed by atoms with Gasteiger partial charge in [0.25, 0.3) is 5.91 Å². The van der Waals surface area contributed by atoms with E-state index in [9.17, 15) is 9.59 Å². The van der Waals surface area contributed by atoms with Gasteiger partial charge in [-0.1, -0.05) is 19.1 Å². The Kier molecular flexibility index (Phi) is 5.01. The summed E-state index contributed by atoms with van der Waals surface area (Å²) in [5.41, 5.74) is 1.91. The van der Waals surface area contributed by atoms with Gasteiger partial charge in [-0.15, -0.1) is 0 Å². The van der Waals surface area contributed by atoms with Gasteiger partial charge < -0.3 is 9.80 Å². The number of hydrogen-bond acceptors (Lipinski definition) is 2. The third kappa shape index (κ3) is 3.79. The minimum atomic E-state index is 0.204. The second-order valence-corrected chi connectivity index (χ2v) is 8.47. The van der Waals surface area contributed by atoms with Crippen molar-refractivity contribution in [2.45, 2.75) is 76.9 Å². The van der Waals surface area contributed by atoms with Crippen molar-refractivity contribution in [3.8, 4) is 0 Å². The van der Waals surface area contributed by atoms with E-state index in [2.05, 4.69) is 11.8 Å². The maximum Gasteiger partial charge on any atom is 0.254 e. The number of rotatable bonds is 5. The highest BCUT2D eigenvalue weighted by molar-refractivity contribution is 5.95. The van der Waals surface area contributed by atoms with Gasteiger partial charge in [-0.3, -0.25) is 9.59 Å². The van der Waals surface area contributed by atoms with E-state index in [1.807, 2.05) is 29.2 Å². The zero-order valence-corrected chi connectivity index (χ0v) is 15.8. The summed E-state index contributed by atoms with van der Waals surface area (Å²) in [4.78, 5) is 29.1. The van der Waals surface area contributed by atoms with Crippen LogP contribution in [0.3, 0.4) is 0 Å². The molecule has 4 rings (SSSR count). The molecule has 3 fully saturated rings. The Hall–Kier alpha value is -1.84. The lowest BCUT2D eigenvalue weighted by Crippen LogP contribution is -2.43. The molecule has 1 aromatic rings. The van der Waals surface area contributed by atoms with E-state index in [0.29, 0.717) is 25.0 Å². The first-order valence-electron chi connectivity index (χ1n) is 10.3. The van der Waals surface area contributed by atoms with Gasteiger partial charge in [-0.25, -0.2) is 0 Å². The van der Waals surface area contributed by atoms with Crippen LogP contribution in [0.15, 0.2) is 24.3 Å². The Labute approximate surface area is 156 Å². The molecule has 1 aromatic carbocycles. The van der Waals surface area contributed by atoms with E-state index in [0.717, 1.165) is 55.7 Å². The molecule has 140 valence electrons. The van der Waals surface area contributed by atoms with Crippen molar-refractivity contribution in [1.29, 1.82) is 0 Å². The van der Waals surface area contributed by atoms with Gasteiger partial charge in [0.1, 0.15) is 0 Å². The van der Waals surface area contributed by atoms with E-state index in [1.165, 1.54) is 12.8 Å². The molecular formula is C22H30N2O2. The lowest BCUT2D eigenvalue weighted by molar-refractivity contribution is -0.128. The molecule has 3 aliphatic rings. The average molecular weight is 354 g/mol. The first kappa shape index (κ1) is 17.6. The van der Waals surface area contributed by atoms with Crippen molar-refractivity contribution < 1.29 is 9.59 Å². The number of nitrogens with zero attached hydrogens (tertiary/aromatic N) is 2. The Bertz CT molecular complexity index is 657. The molecule has 1 heterocycles. The zero-order chi connectivity index (χ0) is 18.1. The lowest BCUT2D eigenvalue weighted by Gasteiger charge is -2.36. The third-order valence-corrected chi connectivity index (χ3v) is 6.30. The van der Waals surface area contributed by atoms with Crippen LogP contribution >= 0.6 is 0 Å². The summed E-state index contributed by atoms with van der Waals surface area (Å²) in [6, 6.07) is 8.84. The fraction of sp³-hybridized carbons (Fsp3) is 0.636. The molecule has 0 aromatic heterocycles. The van der Waals surface area contributed by atoms with Crippen LogP contribution in [-0.2, 0) is 11.3 Å². The van der Waals surface area contributed by atoms with Gasteiger partial charge in [0.15, 0.2) is 0 Å². The van der Waals surface area contributed by atoms with Gasteiger partial charge in [0, 0.05) is 37.2 Å². The fourth-order valence-electron chi connectivity index (χ4n) is 4.50. The minimum Gasteiger partial charge on any atom is -0.338 e. The maximum absolute atomic E-state index is 13.2. The van der Waals surface area contributed by atoms with Gasteiger partial charge in [0.2, 0.25) is 5.91 Å². The topological polar surface area (TPSA) is 40.6 Å². The Morgan fingerprint density at radius 1 is 1.04 bits per heavy atom. The predicted molar refractivity (Wildman–Crippen MR) is 102 cm³/mol. The monoisotopic (exact) mass is 354 g/mol. The quantitative estimate of drug-likeness (QED) is 0.802. The number of likely N-dealkylation sites (tertiary alicyclic amines) is 1. The second kappa shape index (κ2) is 7.42. The normalized spacial score (nSPS) is 26.2. The zero-order valence-electron chi connectivity index (χ0n) is 15.8. The molecule has 4 nitrogen and oxygen atoms in total. The SMILES string of the molecule is CC1CCC(N(C(=O)c2ccc(CN3CCCC3=O)cc2)C2CC2)CC1. The summed E-state index contributed by atoms with van der Waals surface area (Å²) in [5, 5.41) is 0. The Morgan fingerprint density at radius 2 is 1.65 bits per heavy atom.